The van der Waals surface area contributed by atoms with E-state index in [-0.39, 0.29) is 11.3 Å². The van der Waals surface area contributed by atoms with Gasteiger partial charge in [-0.1, -0.05) is 24.3 Å². The van der Waals surface area contributed by atoms with Crippen LogP contribution in [0.4, 0.5) is 5.69 Å². The zero-order valence-electron chi connectivity index (χ0n) is 14.5. The van der Waals surface area contributed by atoms with Crippen LogP contribution in [0.2, 0.25) is 0 Å². The van der Waals surface area contributed by atoms with Gasteiger partial charge < -0.3 is 15.8 Å². The summed E-state index contributed by atoms with van der Waals surface area (Å²) in [5, 5.41) is 11.6. The Morgan fingerprint density at radius 3 is 2.56 bits per heavy atom. The van der Waals surface area contributed by atoms with E-state index in [0.29, 0.717) is 16.1 Å². The van der Waals surface area contributed by atoms with E-state index in [4.69, 9.17) is 15.7 Å². The lowest BCUT2D eigenvalue weighted by molar-refractivity contribution is -0.123. The van der Waals surface area contributed by atoms with Gasteiger partial charge in [-0.3, -0.25) is 9.59 Å². The Labute approximate surface area is 160 Å². The molecule has 8 heteroatoms. The predicted molar refractivity (Wildman–Crippen MR) is 101 cm³/mol. The van der Waals surface area contributed by atoms with Gasteiger partial charge in [-0.15, -0.1) is 11.8 Å². The fourth-order valence-corrected chi connectivity index (χ4v) is 2.89. The summed E-state index contributed by atoms with van der Waals surface area (Å²) in [4.78, 5) is 36.2. The van der Waals surface area contributed by atoms with E-state index in [2.05, 4.69) is 5.32 Å². The monoisotopic (exact) mass is 383 g/mol. The fraction of sp³-hybridized carbons (Fsp3) is 0.158. The highest BCUT2D eigenvalue weighted by Crippen LogP contribution is 2.23. The number of carbonyl (C=O) groups excluding carboxylic acids is 3. The summed E-state index contributed by atoms with van der Waals surface area (Å²) in [6, 6.07) is 15.1. The molecule has 0 radical (unpaired) electrons. The minimum atomic E-state index is -1.08. The number of ether oxygens (including phenoxy) is 1. The molecule has 2 aromatic carbocycles. The number of carbonyl (C=O) groups is 3. The topological polar surface area (TPSA) is 122 Å². The number of hydrogen-bond acceptors (Lipinski definition) is 6. The summed E-state index contributed by atoms with van der Waals surface area (Å²) < 4.78 is 5.23. The first-order valence-corrected chi connectivity index (χ1v) is 8.92. The van der Waals surface area contributed by atoms with Crippen molar-refractivity contribution in [1.29, 1.82) is 5.26 Å². The van der Waals surface area contributed by atoms with Crippen molar-refractivity contribution < 1.29 is 19.1 Å². The van der Waals surface area contributed by atoms with Crippen LogP contribution in [0.1, 0.15) is 22.8 Å². The van der Waals surface area contributed by atoms with Gasteiger partial charge in [0, 0.05) is 4.90 Å². The highest BCUT2D eigenvalue weighted by atomic mass is 32.2. The van der Waals surface area contributed by atoms with Crippen LogP contribution in [-0.2, 0) is 14.3 Å². The number of benzene rings is 2. The van der Waals surface area contributed by atoms with Crippen LogP contribution in [0.5, 0.6) is 0 Å². The van der Waals surface area contributed by atoms with Gasteiger partial charge in [0.25, 0.3) is 5.91 Å². The van der Waals surface area contributed by atoms with Crippen LogP contribution in [0.3, 0.4) is 0 Å². The van der Waals surface area contributed by atoms with E-state index in [0.717, 1.165) is 11.8 Å². The third-order valence-corrected chi connectivity index (χ3v) is 4.53. The van der Waals surface area contributed by atoms with Crippen molar-refractivity contribution in [3.63, 3.8) is 0 Å². The molecule has 0 saturated heterocycles. The van der Waals surface area contributed by atoms with Crippen LogP contribution < -0.4 is 11.1 Å². The number of hydrogen-bond donors (Lipinski definition) is 2. The second-order valence-electron chi connectivity index (χ2n) is 5.45. The zero-order chi connectivity index (χ0) is 19.8. The third kappa shape index (κ3) is 5.59. The summed E-state index contributed by atoms with van der Waals surface area (Å²) in [6.45, 7) is 1.43. The molecule has 7 nitrogen and oxygen atoms in total. The number of amides is 2. The Bertz CT molecular complexity index is 908. The number of nitrogens with two attached hydrogens (primary N) is 1. The Morgan fingerprint density at radius 2 is 1.85 bits per heavy atom. The maximum atomic E-state index is 12.4. The van der Waals surface area contributed by atoms with Crippen molar-refractivity contribution in [2.24, 2.45) is 5.73 Å². The van der Waals surface area contributed by atoms with Gasteiger partial charge >= 0.3 is 5.97 Å². The van der Waals surface area contributed by atoms with Gasteiger partial charge in [-0.2, -0.15) is 5.26 Å². The molecule has 0 spiro atoms. The Morgan fingerprint density at radius 1 is 1.19 bits per heavy atom. The number of nitrogens with one attached hydrogen (secondary N) is 1. The summed E-state index contributed by atoms with van der Waals surface area (Å²) >= 11 is 1.11. The highest BCUT2D eigenvalue weighted by Gasteiger charge is 2.21. The van der Waals surface area contributed by atoms with Gasteiger partial charge in [-0.05, 0) is 31.2 Å². The van der Waals surface area contributed by atoms with Gasteiger partial charge in [0.2, 0.25) is 5.91 Å². The van der Waals surface area contributed by atoms with Crippen molar-refractivity contribution in [3.05, 3.63) is 59.7 Å². The fourth-order valence-electron chi connectivity index (χ4n) is 2.11. The number of rotatable bonds is 7. The predicted octanol–water partition coefficient (Wildman–Crippen LogP) is 2.32. The summed E-state index contributed by atoms with van der Waals surface area (Å²) in [5.41, 5.74) is 6.01. The lowest BCUT2D eigenvalue weighted by atomic mass is 10.2. The standard InChI is InChI=1S/C19H17N3O4S/c1-12(18(24)22-15-8-4-2-6-13(15)10-20)26-19(25)14-7-3-5-9-16(14)27-11-17(21)23/h2-9,12H,11H2,1H3,(H2,21,23)(H,22,24)/t12-/m1/s1. The first-order valence-electron chi connectivity index (χ1n) is 7.93. The van der Waals surface area contributed by atoms with E-state index in [1.807, 2.05) is 6.07 Å². The van der Waals surface area contributed by atoms with E-state index >= 15 is 0 Å². The molecule has 3 N–H and O–H groups in total. The molecule has 2 rings (SSSR count). The number of nitriles is 1. The maximum absolute atomic E-state index is 12.4. The molecule has 0 aliphatic carbocycles. The number of nitrogens with zero attached hydrogens (tertiary/aromatic N) is 1. The van der Waals surface area contributed by atoms with Crippen LogP contribution in [0.15, 0.2) is 53.4 Å². The molecule has 27 heavy (non-hydrogen) atoms. The van der Waals surface area contributed by atoms with E-state index in [1.54, 1.807) is 48.5 Å². The molecule has 0 saturated carbocycles. The third-order valence-electron chi connectivity index (χ3n) is 3.44. The quantitative estimate of drug-likeness (QED) is 0.559. The first-order chi connectivity index (χ1) is 12.9. The minimum absolute atomic E-state index is 0.0191. The largest absolute Gasteiger partial charge is 0.449 e. The second-order valence-corrected chi connectivity index (χ2v) is 6.46. The van der Waals surface area contributed by atoms with Crippen molar-refractivity contribution in [1.82, 2.24) is 0 Å². The molecule has 0 aromatic heterocycles. The van der Waals surface area contributed by atoms with Crippen molar-refractivity contribution >= 4 is 35.2 Å². The second kappa shape index (κ2) is 9.40. The van der Waals surface area contributed by atoms with Crippen molar-refractivity contribution in [2.45, 2.75) is 17.9 Å². The number of anilines is 1. The SMILES string of the molecule is C[C@@H](OC(=O)c1ccccc1SCC(N)=O)C(=O)Nc1ccccc1C#N. The minimum Gasteiger partial charge on any atom is -0.449 e. The van der Waals surface area contributed by atoms with Crippen LogP contribution in [-0.4, -0.2) is 29.6 Å². The average Bonchev–Trinajstić information content (AvgIpc) is 2.66. The highest BCUT2D eigenvalue weighted by molar-refractivity contribution is 8.00. The molecule has 0 unspecified atom stereocenters. The summed E-state index contributed by atoms with van der Waals surface area (Å²) in [5.74, 6) is -1.75. The first kappa shape index (κ1) is 20.0. The maximum Gasteiger partial charge on any atom is 0.340 e. The number of esters is 1. The van der Waals surface area contributed by atoms with Crippen molar-refractivity contribution in [2.75, 3.05) is 11.1 Å². The molecule has 0 heterocycles. The molecule has 0 aliphatic heterocycles. The molecule has 0 bridgehead atoms. The Kier molecular flexibility index (Phi) is 6.97. The Balaban J connectivity index is 2.06. The number of thioether (sulfide) groups is 1. The van der Waals surface area contributed by atoms with Gasteiger partial charge in [0.15, 0.2) is 6.10 Å². The molecule has 138 valence electrons. The summed E-state index contributed by atoms with van der Waals surface area (Å²) in [6.07, 6.45) is -1.08. The normalized spacial score (nSPS) is 11.1. The van der Waals surface area contributed by atoms with E-state index in [9.17, 15) is 14.4 Å². The lowest BCUT2D eigenvalue weighted by Gasteiger charge is -2.15. The van der Waals surface area contributed by atoms with Gasteiger partial charge in [-0.25, -0.2) is 4.79 Å². The van der Waals surface area contributed by atoms with Crippen LogP contribution in [0, 0.1) is 11.3 Å². The smallest absolute Gasteiger partial charge is 0.340 e. The molecular formula is C19H17N3O4S. The van der Waals surface area contributed by atoms with Crippen LogP contribution >= 0.6 is 11.8 Å². The van der Waals surface area contributed by atoms with Crippen LogP contribution in [0.25, 0.3) is 0 Å². The lowest BCUT2D eigenvalue weighted by Crippen LogP contribution is -2.30. The van der Waals surface area contributed by atoms with Crippen molar-refractivity contribution in [3.8, 4) is 6.07 Å². The molecule has 2 aromatic rings. The van der Waals surface area contributed by atoms with Gasteiger partial charge in [0.1, 0.15) is 6.07 Å². The number of primary amides is 1. The summed E-state index contributed by atoms with van der Waals surface area (Å²) in [7, 11) is 0. The van der Waals surface area contributed by atoms with E-state index in [1.165, 1.54) is 6.92 Å². The number of para-hydroxylation sites is 1. The Hall–Kier alpha value is -3.31. The van der Waals surface area contributed by atoms with Gasteiger partial charge in [0.05, 0.1) is 22.6 Å². The molecule has 2 amide bonds. The average molecular weight is 383 g/mol. The zero-order valence-corrected chi connectivity index (χ0v) is 15.3. The molecular weight excluding hydrogens is 366 g/mol. The molecule has 0 aliphatic rings. The van der Waals surface area contributed by atoms with E-state index < -0.39 is 23.9 Å². The molecule has 1 atom stereocenters. The molecule has 0 fully saturated rings.